The molecule has 1 aromatic rings. The predicted octanol–water partition coefficient (Wildman–Crippen LogP) is 2.39. The van der Waals surface area contributed by atoms with Crippen molar-refractivity contribution in [3.63, 3.8) is 0 Å². The Morgan fingerprint density at radius 1 is 1.30 bits per heavy atom. The minimum absolute atomic E-state index is 0.632. The number of ether oxygens (including phenoxy) is 1. The number of aliphatic imine (C=N–C) groups is 1. The molecular formula is C16H25N3O. The van der Waals surface area contributed by atoms with Crippen molar-refractivity contribution >= 4 is 5.96 Å². The molecule has 2 rings (SSSR count). The van der Waals surface area contributed by atoms with Gasteiger partial charge in [0.2, 0.25) is 0 Å². The molecule has 1 aliphatic rings. The van der Waals surface area contributed by atoms with E-state index < -0.39 is 0 Å². The zero-order valence-corrected chi connectivity index (χ0v) is 12.3. The Kier molecular flexibility index (Phi) is 5.87. The van der Waals surface area contributed by atoms with E-state index in [-0.39, 0.29) is 0 Å². The third-order valence-electron chi connectivity index (χ3n) is 3.54. The monoisotopic (exact) mass is 275 g/mol. The summed E-state index contributed by atoms with van der Waals surface area (Å²) in [6.45, 7) is 2.26. The maximum absolute atomic E-state index is 5.92. The van der Waals surface area contributed by atoms with Gasteiger partial charge in [-0.15, -0.1) is 0 Å². The van der Waals surface area contributed by atoms with Crippen LogP contribution in [0.5, 0.6) is 0 Å². The van der Waals surface area contributed by atoms with Crippen LogP contribution in [-0.4, -0.2) is 37.1 Å². The summed E-state index contributed by atoms with van der Waals surface area (Å²) in [5.41, 5.74) is 7.14. The molecule has 20 heavy (non-hydrogen) atoms. The largest absolute Gasteiger partial charge is 0.377 e. The number of guanidine groups is 1. The number of rotatable bonds is 8. The minimum atomic E-state index is 0.632. The van der Waals surface area contributed by atoms with Gasteiger partial charge in [-0.05, 0) is 31.2 Å². The first-order chi connectivity index (χ1) is 9.77. The summed E-state index contributed by atoms with van der Waals surface area (Å²) in [5.74, 6) is 0.678. The Bertz CT molecular complexity index is 415. The molecule has 110 valence electrons. The molecule has 1 aliphatic carbocycles. The lowest BCUT2D eigenvalue weighted by atomic mass is 10.2. The predicted molar refractivity (Wildman–Crippen MR) is 82.6 cm³/mol. The van der Waals surface area contributed by atoms with E-state index >= 15 is 0 Å². The first-order valence-corrected chi connectivity index (χ1v) is 7.42. The van der Waals surface area contributed by atoms with Gasteiger partial charge in [-0.25, -0.2) is 0 Å². The lowest BCUT2D eigenvalue weighted by molar-refractivity contribution is 0.117. The molecule has 1 aromatic carbocycles. The summed E-state index contributed by atoms with van der Waals surface area (Å²) in [6, 6.07) is 10.9. The first kappa shape index (κ1) is 14.9. The average molecular weight is 275 g/mol. The summed E-state index contributed by atoms with van der Waals surface area (Å²) in [6.07, 6.45) is 4.55. The highest BCUT2D eigenvalue weighted by Crippen LogP contribution is 2.24. The highest BCUT2D eigenvalue weighted by molar-refractivity contribution is 5.78. The van der Waals surface area contributed by atoms with Crippen LogP contribution in [-0.2, 0) is 11.3 Å². The molecule has 2 N–H and O–H groups in total. The SMILES string of the molecule is CN(C(N)=NCCCCOCc1ccccc1)C1CC1. The zero-order valence-electron chi connectivity index (χ0n) is 12.3. The summed E-state index contributed by atoms with van der Waals surface area (Å²) in [4.78, 5) is 6.50. The number of nitrogens with zero attached hydrogens (tertiary/aromatic N) is 2. The molecule has 0 radical (unpaired) electrons. The zero-order chi connectivity index (χ0) is 14.2. The molecule has 0 heterocycles. The Morgan fingerprint density at radius 3 is 2.75 bits per heavy atom. The van der Waals surface area contributed by atoms with E-state index in [1.54, 1.807) is 0 Å². The van der Waals surface area contributed by atoms with Crippen LogP contribution < -0.4 is 5.73 Å². The molecule has 0 bridgehead atoms. The third-order valence-corrected chi connectivity index (χ3v) is 3.54. The van der Waals surface area contributed by atoms with Gasteiger partial charge in [0.05, 0.1) is 6.61 Å². The van der Waals surface area contributed by atoms with Crippen molar-refractivity contribution in [1.82, 2.24) is 4.90 Å². The molecule has 1 fully saturated rings. The van der Waals surface area contributed by atoms with E-state index in [1.807, 2.05) is 25.2 Å². The number of hydrogen-bond acceptors (Lipinski definition) is 2. The second-order valence-electron chi connectivity index (χ2n) is 5.33. The van der Waals surface area contributed by atoms with E-state index in [4.69, 9.17) is 10.5 Å². The second-order valence-corrected chi connectivity index (χ2v) is 5.33. The maximum Gasteiger partial charge on any atom is 0.191 e. The smallest absolute Gasteiger partial charge is 0.191 e. The van der Waals surface area contributed by atoms with Crippen LogP contribution in [0, 0.1) is 0 Å². The molecule has 4 nitrogen and oxygen atoms in total. The van der Waals surface area contributed by atoms with Crippen molar-refractivity contribution in [3.05, 3.63) is 35.9 Å². The highest BCUT2D eigenvalue weighted by atomic mass is 16.5. The van der Waals surface area contributed by atoms with E-state index in [2.05, 4.69) is 22.0 Å². The van der Waals surface area contributed by atoms with Crippen molar-refractivity contribution in [1.29, 1.82) is 0 Å². The molecule has 0 atom stereocenters. The fraction of sp³-hybridized carbons (Fsp3) is 0.562. The highest BCUT2D eigenvalue weighted by Gasteiger charge is 2.27. The molecule has 1 saturated carbocycles. The van der Waals surface area contributed by atoms with Crippen molar-refractivity contribution in [2.45, 2.75) is 38.3 Å². The maximum atomic E-state index is 5.92. The van der Waals surface area contributed by atoms with Crippen LogP contribution in [0.1, 0.15) is 31.2 Å². The van der Waals surface area contributed by atoms with Gasteiger partial charge in [-0.1, -0.05) is 30.3 Å². The van der Waals surface area contributed by atoms with Gasteiger partial charge in [0.1, 0.15) is 0 Å². The Labute approximate surface area is 121 Å². The van der Waals surface area contributed by atoms with E-state index in [0.717, 1.165) is 26.0 Å². The van der Waals surface area contributed by atoms with Crippen molar-refractivity contribution in [3.8, 4) is 0 Å². The lowest BCUT2D eigenvalue weighted by Crippen LogP contribution is -2.35. The number of benzene rings is 1. The fourth-order valence-electron chi connectivity index (χ4n) is 2.03. The summed E-state index contributed by atoms with van der Waals surface area (Å²) < 4.78 is 5.63. The number of nitrogens with two attached hydrogens (primary N) is 1. The van der Waals surface area contributed by atoms with Gasteiger partial charge < -0.3 is 15.4 Å². The Hall–Kier alpha value is -1.55. The standard InChI is InChI=1S/C16H25N3O/c1-19(15-9-10-15)16(17)18-11-5-6-12-20-13-14-7-3-2-4-8-14/h2-4,7-8,15H,5-6,9-13H2,1H3,(H2,17,18). The van der Waals surface area contributed by atoms with Gasteiger partial charge in [-0.3, -0.25) is 4.99 Å². The van der Waals surface area contributed by atoms with Crippen LogP contribution in [0.3, 0.4) is 0 Å². The first-order valence-electron chi connectivity index (χ1n) is 7.42. The molecule has 0 aromatic heterocycles. The molecule has 4 heteroatoms. The van der Waals surface area contributed by atoms with Gasteiger partial charge in [0.25, 0.3) is 0 Å². The Morgan fingerprint density at radius 2 is 2.05 bits per heavy atom. The molecule has 0 spiro atoms. The molecule has 0 unspecified atom stereocenters. The molecule has 0 amide bonds. The van der Waals surface area contributed by atoms with Crippen LogP contribution in [0.2, 0.25) is 0 Å². The lowest BCUT2D eigenvalue weighted by Gasteiger charge is -2.16. The topological polar surface area (TPSA) is 50.8 Å². The van der Waals surface area contributed by atoms with Crippen molar-refractivity contribution in [2.75, 3.05) is 20.2 Å². The summed E-state index contributed by atoms with van der Waals surface area (Å²) in [7, 11) is 2.03. The molecule has 0 aliphatic heterocycles. The summed E-state index contributed by atoms with van der Waals surface area (Å²) >= 11 is 0. The van der Waals surface area contributed by atoms with Gasteiger partial charge in [0, 0.05) is 26.2 Å². The summed E-state index contributed by atoms with van der Waals surface area (Å²) in [5, 5.41) is 0. The van der Waals surface area contributed by atoms with E-state index in [9.17, 15) is 0 Å². The van der Waals surface area contributed by atoms with Crippen molar-refractivity contribution in [2.24, 2.45) is 10.7 Å². The third kappa shape index (κ3) is 5.21. The van der Waals surface area contributed by atoms with Crippen LogP contribution in [0.25, 0.3) is 0 Å². The average Bonchev–Trinajstić information content (AvgIpc) is 3.31. The number of unbranched alkanes of at least 4 members (excludes halogenated alkanes) is 1. The van der Waals surface area contributed by atoms with Crippen LogP contribution in [0.15, 0.2) is 35.3 Å². The molecular weight excluding hydrogens is 250 g/mol. The van der Waals surface area contributed by atoms with Crippen molar-refractivity contribution < 1.29 is 4.74 Å². The second kappa shape index (κ2) is 7.90. The van der Waals surface area contributed by atoms with Gasteiger partial charge in [-0.2, -0.15) is 0 Å². The minimum Gasteiger partial charge on any atom is -0.377 e. The Balaban J connectivity index is 1.50. The van der Waals surface area contributed by atoms with Crippen LogP contribution in [0.4, 0.5) is 0 Å². The molecule has 0 saturated heterocycles. The fourth-order valence-corrected chi connectivity index (χ4v) is 2.03. The van der Waals surface area contributed by atoms with E-state index in [1.165, 1.54) is 18.4 Å². The number of hydrogen-bond donors (Lipinski definition) is 1. The van der Waals surface area contributed by atoms with Gasteiger partial charge >= 0.3 is 0 Å². The van der Waals surface area contributed by atoms with E-state index in [0.29, 0.717) is 18.6 Å². The quantitative estimate of drug-likeness (QED) is 0.450. The van der Waals surface area contributed by atoms with Crippen LogP contribution >= 0.6 is 0 Å². The van der Waals surface area contributed by atoms with Gasteiger partial charge in [0.15, 0.2) is 5.96 Å². The normalized spacial score (nSPS) is 15.3.